The Hall–Kier alpha value is -1.71. The van der Waals surface area contributed by atoms with Crippen LogP contribution in [0.2, 0.25) is 0 Å². The van der Waals surface area contributed by atoms with Crippen LogP contribution in [0, 0.1) is 10.1 Å². The van der Waals surface area contributed by atoms with Gasteiger partial charge >= 0.3 is 0 Å². The highest BCUT2D eigenvalue weighted by molar-refractivity contribution is 5.84. The third-order valence-electron chi connectivity index (χ3n) is 2.45. The first kappa shape index (κ1) is 8.87. The topological polar surface area (TPSA) is 60.2 Å². The molecule has 0 aromatic heterocycles. The molecule has 1 fully saturated rings. The standard InChI is InChI=1S/C10H9NO3/c12-6-9-8(7-4-5-7)2-1-3-10(9)11(13)14/h1-3,6-7H,4-5H2. The highest BCUT2D eigenvalue weighted by atomic mass is 16.6. The van der Waals surface area contributed by atoms with Gasteiger partial charge in [-0.3, -0.25) is 14.9 Å². The van der Waals surface area contributed by atoms with Crippen LogP contribution in [0.4, 0.5) is 5.69 Å². The minimum atomic E-state index is -0.504. The molecule has 0 unspecified atom stereocenters. The lowest BCUT2D eigenvalue weighted by Gasteiger charge is -2.02. The molecule has 1 aromatic rings. The Bertz CT molecular complexity index is 396. The van der Waals surface area contributed by atoms with E-state index < -0.39 is 4.92 Å². The Morgan fingerprint density at radius 3 is 2.64 bits per heavy atom. The van der Waals surface area contributed by atoms with E-state index in [9.17, 15) is 14.9 Å². The van der Waals surface area contributed by atoms with E-state index in [1.54, 1.807) is 12.1 Å². The first-order valence-corrected chi connectivity index (χ1v) is 4.46. The molecule has 0 aliphatic heterocycles. The predicted molar refractivity (Wildman–Crippen MR) is 50.5 cm³/mol. The molecule has 0 heterocycles. The van der Waals surface area contributed by atoms with Gasteiger partial charge in [-0.05, 0) is 24.3 Å². The van der Waals surface area contributed by atoms with Crippen LogP contribution in [0.5, 0.6) is 0 Å². The van der Waals surface area contributed by atoms with Crippen LogP contribution in [0.1, 0.15) is 34.7 Å². The number of rotatable bonds is 3. The molecule has 0 spiro atoms. The van der Waals surface area contributed by atoms with Gasteiger partial charge in [0.1, 0.15) is 0 Å². The number of nitrogens with zero attached hydrogens (tertiary/aromatic N) is 1. The van der Waals surface area contributed by atoms with Crippen LogP contribution < -0.4 is 0 Å². The molecular formula is C10H9NO3. The molecule has 4 heteroatoms. The molecule has 14 heavy (non-hydrogen) atoms. The monoisotopic (exact) mass is 191 g/mol. The molecule has 0 bridgehead atoms. The number of carbonyl (C=O) groups is 1. The molecular weight excluding hydrogens is 182 g/mol. The van der Waals surface area contributed by atoms with Crippen LogP contribution in [-0.4, -0.2) is 11.2 Å². The van der Waals surface area contributed by atoms with Gasteiger partial charge in [-0.1, -0.05) is 12.1 Å². The molecule has 0 atom stereocenters. The summed E-state index contributed by atoms with van der Waals surface area (Å²) in [6, 6.07) is 4.81. The number of carbonyl (C=O) groups excluding carboxylic acids is 1. The normalized spacial score (nSPS) is 15.1. The molecule has 72 valence electrons. The minimum Gasteiger partial charge on any atom is -0.298 e. The first-order chi connectivity index (χ1) is 6.74. The lowest BCUT2D eigenvalue weighted by atomic mass is 10.0. The van der Waals surface area contributed by atoms with Crippen molar-refractivity contribution in [2.45, 2.75) is 18.8 Å². The van der Waals surface area contributed by atoms with Gasteiger partial charge in [0, 0.05) is 6.07 Å². The fraction of sp³-hybridized carbons (Fsp3) is 0.300. The second kappa shape index (κ2) is 3.21. The number of nitro benzene ring substituents is 1. The van der Waals surface area contributed by atoms with Gasteiger partial charge in [0.15, 0.2) is 6.29 Å². The second-order valence-electron chi connectivity index (χ2n) is 3.43. The summed E-state index contributed by atoms with van der Waals surface area (Å²) in [5.41, 5.74) is 0.999. The summed E-state index contributed by atoms with van der Waals surface area (Å²) in [7, 11) is 0. The quantitative estimate of drug-likeness (QED) is 0.418. The van der Waals surface area contributed by atoms with Crippen molar-refractivity contribution in [3.63, 3.8) is 0 Å². The maximum Gasteiger partial charge on any atom is 0.280 e. The Labute approximate surface area is 80.7 Å². The van der Waals surface area contributed by atoms with Gasteiger partial charge in [-0.2, -0.15) is 0 Å². The van der Waals surface area contributed by atoms with Crippen LogP contribution in [0.15, 0.2) is 18.2 Å². The smallest absolute Gasteiger partial charge is 0.280 e. The highest BCUT2D eigenvalue weighted by Crippen LogP contribution is 2.42. The lowest BCUT2D eigenvalue weighted by molar-refractivity contribution is -0.385. The molecule has 1 aliphatic rings. The van der Waals surface area contributed by atoms with Gasteiger partial charge in [0.05, 0.1) is 10.5 Å². The van der Waals surface area contributed by atoms with Crippen molar-refractivity contribution in [3.8, 4) is 0 Å². The van der Waals surface area contributed by atoms with Gasteiger partial charge in [0.2, 0.25) is 0 Å². The maximum absolute atomic E-state index is 10.8. The Morgan fingerprint density at radius 1 is 1.43 bits per heavy atom. The van der Waals surface area contributed by atoms with Gasteiger partial charge < -0.3 is 0 Å². The molecule has 0 radical (unpaired) electrons. The van der Waals surface area contributed by atoms with E-state index in [1.807, 2.05) is 0 Å². The summed E-state index contributed by atoms with van der Waals surface area (Å²) in [5.74, 6) is 0.357. The van der Waals surface area contributed by atoms with E-state index >= 15 is 0 Å². The van der Waals surface area contributed by atoms with Crippen molar-refractivity contribution in [1.82, 2.24) is 0 Å². The van der Waals surface area contributed by atoms with E-state index in [2.05, 4.69) is 0 Å². The summed E-state index contributed by atoms with van der Waals surface area (Å²) < 4.78 is 0. The SMILES string of the molecule is O=Cc1c(C2CC2)cccc1[N+](=O)[O-]. The van der Waals surface area contributed by atoms with Crippen molar-refractivity contribution >= 4 is 12.0 Å². The molecule has 0 saturated heterocycles. The lowest BCUT2D eigenvalue weighted by Crippen LogP contribution is -1.98. The molecule has 1 aromatic carbocycles. The van der Waals surface area contributed by atoms with E-state index in [1.165, 1.54) is 6.07 Å². The summed E-state index contributed by atoms with van der Waals surface area (Å²) in [5, 5.41) is 10.6. The van der Waals surface area contributed by atoms with Crippen molar-refractivity contribution in [2.75, 3.05) is 0 Å². The Kier molecular flexibility index (Phi) is 2.04. The predicted octanol–water partition coefficient (Wildman–Crippen LogP) is 2.28. The van der Waals surface area contributed by atoms with Crippen molar-refractivity contribution in [1.29, 1.82) is 0 Å². The van der Waals surface area contributed by atoms with E-state index in [0.717, 1.165) is 18.4 Å². The zero-order valence-corrected chi connectivity index (χ0v) is 7.47. The third-order valence-corrected chi connectivity index (χ3v) is 2.45. The van der Waals surface area contributed by atoms with Crippen molar-refractivity contribution in [3.05, 3.63) is 39.4 Å². The summed E-state index contributed by atoms with van der Waals surface area (Å²) >= 11 is 0. The van der Waals surface area contributed by atoms with Crippen molar-refractivity contribution in [2.24, 2.45) is 0 Å². The number of hydrogen-bond donors (Lipinski definition) is 0. The largest absolute Gasteiger partial charge is 0.298 e. The molecule has 0 N–H and O–H groups in total. The van der Waals surface area contributed by atoms with Crippen molar-refractivity contribution < 1.29 is 9.72 Å². The van der Waals surface area contributed by atoms with Gasteiger partial charge in [-0.15, -0.1) is 0 Å². The highest BCUT2D eigenvalue weighted by Gasteiger charge is 2.29. The number of hydrogen-bond acceptors (Lipinski definition) is 3. The van der Waals surface area contributed by atoms with Crippen LogP contribution in [-0.2, 0) is 0 Å². The zero-order chi connectivity index (χ0) is 10.1. The van der Waals surface area contributed by atoms with Crippen LogP contribution in [0.3, 0.4) is 0 Å². The molecule has 1 aliphatic carbocycles. The van der Waals surface area contributed by atoms with E-state index in [-0.39, 0.29) is 11.3 Å². The number of aldehydes is 1. The first-order valence-electron chi connectivity index (χ1n) is 4.46. The molecule has 4 nitrogen and oxygen atoms in total. The second-order valence-corrected chi connectivity index (χ2v) is 3.43. The zero-order valence-electron chi connectivity index (χ0n) is 7.47. The molecule has 1 saturated carbocycles. The minimum absolute atomic E-state index is 0.0793. The van der Waals surface area contributed by atoms with Gasteiger partial charge in [0.25, 0.3) is 5.69 Å². The van der Waals surface area contributed by atoms with Crippen LogP contribution >= 0.6 is 0 Å². The third kappa shape index (κ3) is 1.39. The fourth-order valence-corrected chi connectivity index (χ4v) is 1.61. The summed E-state index contributed by atoms with van der Waals surface area (Å²) in [6.45, 7) is 0. The Morgan fingerprint density at radius 2 is 2.14 bits per heavy atom. The average Bonchev–Trinajstić information content (AvgIpc) is 2.99. The summed E-state index contributed by atoms with van der Waals surface area (Å²) in [6.07, 6.45) is 2.65. The summed E-state index contributed by atoms with van der Waals surface area (Å²) in [4.78, 5) is 20.9. The molecule has 0 amide bonds. The number of benzene rings is 1. The van der Waals surface area contributed by atoms with E-state index in [4.69, 9.17) is 0 Å². The Balaban J connectivity index is 2.55. The maximum atomic E-state index is 10.8. The molecule has 2 rings (SSSR count). The average molecular weight is 191 g/mol. The number of nitro groups is 1. The van der Waals surface area contributed by atoms with E-state index in [0.29, 0.717) is 12.2 Å². The van der Waals surface area contributed by atoms with Gasteiger partial charge in [-0.25, -0.2) is 0 Å². The fourth-order valence-electron chi connectivity index (χ4n) is 1.61. The van der Waals surface area contributed by atoms with Crippen LogP contribution in [0.25, 0.3) is 0 Å².